The number of halogens is 2. The average Bonchev–Trinajstić information content (AvgIpc) is 2.15. The molecule has 0 aliphatic carbocycles. The van der Waals surface area contributed by atoms with Crippen molar-refractivity contribution in [3.63, 3.8) is 0 Å². The predicted molar refractivity (Wildman–Crippen MR) is 46.0 cm³/mol. The van der Waals surface area contributed by atoms with Crippen LogP contribution in [0.2, 0.25) is 0 Å². The minimum absolute atomic E-state index is 0.0274. The molecule has 0 aliphatic heterocycles. The summed E-state index contributed by atoms with van der Waals surface area (Å²) >= 11 is 0. The Morgan fingerprint density at radius 1 is 1.60 bits per heavy atom. The molecule has 1 rings (SSSR count). The SMILES string of the molecule is Cc1cnc([N+](=O)[O-])c(C=O)c1C(F)F. The number of aldehydes is 1. The van der Waals surface area contributed by atoms with Gasteiger partial charge in [-0.05, 0) is 16.8 Å². The molecule has 0 spiro atoms. The largest absolute Gasteiger partial charge is 0.374 e. The summed E-state index contributed by atoms with van der Waals surface area (Å²) in [5, 5.41) is 10.4. The molecule has 0 bridgehead atoms. The van der Waals surface area contributed by atoms with Crippen molar-refractivity contribution < 1.29 is 18.5 Å². The van der Waals surface area contributed by atoms with Gasteiger partial charge in [0.2, 0.25) is 0 Å². The van der Waals surface area contributed by atoms with Crippen molar-refractivity contribution in [2.75, 3.05) is 0 Å². The third kappa shape index (κ3) is 1.95. The van der Waals surface area contributed by atoms with Gasteiger partial charge in [-0.15, -0.1) is 0 Å². The third-order valence-electron chi connectivity index (χ3n) is 1.85. The summed E-state index contributed by atoms with van der Waals surface area (Å²) in [7, 11) is 0. The van der Waals surface area contributed by atoms with Gasteiger partial charge in [-0.1, -0.05) is 0 Å². The Kier molecular flexibility index (Phi) is 3.03. The Hall–Kier alpha value is -1.92. The molecule has 5 nitrogen and oxygen atoms in total. The van der Waals surface area contributed by atoms with Crippen LogP contribution in [0.5, 0.6) is 0 Å². The fourth-order valence-corrected chi connectivity index (χ4v) is 1.18. The highest BCUT2D eigenvalue weighted by Gasteiger charge is 2.26. The number of pyridine rings is 1. The van der Waals surface area contributed by atoms with Gasteiger partial charge in [0.05, 0.1) is 0 Å². The molecule has 0 aromatic carbocycles. The molecule has 1 aromatic heterocycles. The molecular formula is C8H6F2N2O3. The Balaban J connectivity index is 3.54. The van der Waals surface area contributed by atoms with Gasteiger partial charge in [0.25, 0.3) is 6.43 Å². The van der Waals surface area contributed by atoms with Gasteiger partial charge in [0.1, 0.15) is 11.8 Å². The zero-order valence-corrected chi connectivity index (χ0v) is 7.61. The first kappa shape index (κ1) is 11.2. The second-order valence-corrected chi connectivity index (χ2v) is 2.77. The molecule has 0 radical (unpaired) electrons. The maximum atomic E-state index is 12.5. The number of aryl methyl sites for hydroxylation is 1. The minimum Gasteiger partial charge on any atom is -0.358 e. The fourth-order valence-electron chi connectivity index (χ4n) is 1.18. The van der Waals surface area contributed by atoms with Crippen LogP contribution in [0.1, 0.15) is 27.9 Å². The molecule has 0 aliphatic rings. The first-order chi connectivity index (χ1) is 6.99. The van der Waals surface area contributed by atoms with E-state index in [1.54, 1.807) is 0 Å². The van der Waals surface area contributed by atoms with E-state index in [2.05, 4.69) is 4.98 Å². The number of hydrogen-bond donors (Lipinski definition) is 0. The number of carbonyl (C=O) groups excluding carboxylic acids is 1. The van der Waals surface area contributed by atoms with Crippen molar-refractivity contribution in [1.29, 1.82) is 0 Å². The Morgan fingerprint density at radius 2 is 2.20 bits per heavy atom. The highest BCUT2D eigenvalue weighted by atomic mass is 19.3. The van der Waals surface area contributed by atoms with Gasteiger partial charge >= 0.3 is 5.82 Å². The normalized spacial score (nSPS) is 10.4. The third-order valence-corrected chi connectivity index (χ3v) is 1.85. The lowest BCUT2D eigenvalue weighted by Crippen LogP contribution is -2.05. The average molecular weight is 216 g/mol. The summed E-state index contributed by atoms with van der Waals surface area (Å²) in [5.74, 6) is -0.842. The van der Waals surface area contributed by atoms with E-state index < -0.39 is 28.3 Å². The van der Waals surface area contributed by atoms with E-state index in [0.29, 0.717) is 0 Å². The van der Waals surface area contributed by atoms with E-state index in [9.17, 15) is 23.7 Å². The fraction of sp³-hybridized carbons (Fsp3) is 0.250. The standard InChI is InChI=1S/C8H6F2N2O3/c1-4-2-11-8(12(14)15)5(3-13)6(4)7(9)10/h2-3,7H,1H3. The van der Waals surface area contributed by atoms with E-state index in [4.69, 9.17) is 0 Å². The molecule has 0 unspecified atom stereocenters. The molecule has 1 heterocycles. The molecule has 0 fully saturated rings. The molecule has 0 N–H and O–H groups in total. The first-order valence-corrected chi connectivity index (χ1v) is 3.86. The van der Waals surface area contributed by atoms with Gasteiger partial charge in [-0.25, -0.2) is 8.78 Å². The van der Waals surface area contributed by atoms with Crippen molar-refractivity contribution in [3.8, 4) is 0 Å². The topological polar surface area (TPSA) is 73.1 Å². The lowest BCUT2D eigenvalue weighted by Gasteiger charge is -2.05. The number of nitrogens with zero attached hydrogens (tertiary/aromatic N) is 2. The Bertz CT molecular complexity index is 421. The van der Waals surface area contributed by atoms with Crippen LogP contribution in [0.15, 0.2) is 6.20 Å². The monoisotopic (exact) mass is 216 g/mol. The van der Waals surface area contributed by atoms with E-state index in [1.165, 1.54) is 6.92 Å². The molecule has 15 heavy (non-hydrogen) atoms. The molecule has 7 heteroatoms. The summed E-state index contributed by atoms with van der Waals surface area (Å²) < 4.78 is 25.0. The zero-order chi connectivity index (χ0) is 11.6. The molecular weight excluding hydrogens is 210 g/mol. The first-order valence-electron chi connectivity index (χ1n) is 3.86. The van der Waals surface area contributed by atoms with E-state index in [-0.39, 0.29) is 11.8 Å². The van der Waals surface area contributed by atoms with E-state index in [0.717, 1.165) is 6.20 Å². The lowest BCUT2D eigenvalue weighted by atomic mass is 10.1. The zero-order valence-electron chi connectivity index (χ0n) is 7.61. The van der Waals surface area contributed by atoms with Crippen LogP contribution in [-0.4, -0.2) is 16.2 Å². The Morgan fingerprint density at radius 3 is 2.60 bits per heavy atom. The lowest BCUT2D eigenvalue weighted by molar-refractivity contribution is -0.389. The molecule has 0 atom stereocenters. The van der Waals surface area contributed by atoms with Crippen LogP contribution >= 0.6 is 0 Å². The van der Waals surface area contributed by atoms with Crippen molar-refractivity contribution >= 4 is 12.1 Å². The van der Waals surface area contributed by atoms with Crippen molar-refractivity contribution in [2.24, 2.45) is 0 Å². The summed E-state index contributed by atoms with van der Waals surface area (Å²) in [6.07, 6.45) is -1.96. The minimum atomic E-state index is -2.94. The molecule has 0 saturated heterocycles. The number of carbonyl (C=O) groups is 1. The quantitative estimate of drug-likeness (QED) is 0.440. The van der Waals surface area contributed by atoms with Gasteiger partial charge in [-0.2, -0.15) is 0 Å². The summed E-state index contributed by atoms with van der Waals surface area (Å²) in [4.78, 5) is 23.3. The highest BCUT2D eigenvalue weighted by Crippen LogP contribution is 2.29. The number of alkyl halides is 2. The highest BCUT2D eigenvalue weighted by molar-refractivity contribution is 5.83. The predicted octanol–water partition coefficient (Wildman–Crippen LogP) is 2.05. The van der Waals surface area contributed by atoms with Crippen LogP contribution in [0.25, 0.3) is 0 Å². The van der Waals surface area contributed by atoms with Crippen molar-refractivity contribution in [3.05, 3.63) is 33.0 Å². The number of hydrogen-bond acceptors (Lipinski definition) is 4. The summed E-state index contributed by atoms with van der Waals surface area (Å²) in [6.45, 7) is 1.31. The van der Waals surface area contributed by atoms with Gasteiger partial charge in [-0.3, -0.25) is 4.79 Å². The van der Waals surface area contributed by atoms with Gasteiger partial charge in [0, 0.05) is 11.1 Å². The van der Waals surface area contributed by atoms with Crippen LogP contribution in [0.4, 0.5) is 14.6 Å². The second-order valence-electron chi connectivity index (χ2n) is 2.77. The van der Waals surface area contributed by atoms with Crippen LogP contribution in [-0.2, 0) is 0 Å². The molecule has 0 saturated carbocycles. The van der Waals surface area contributed by atoms with E-state index >= 15 is 0 Å². The van der Waals surface area contributed by atoms with Crippen LogP contribution < -0.4 is 0 Å². The number of aromatic nitrogens is 1. The maximum absolute atomic E-state index is 12.5. The summed E-state index contributed by atoms with van der Waals surface area (Å²) in [6, 6.07) is 0. The molecule has 0 amide bonds. The van der Waals surface area contributed by atoms with Crippen LogP contribution in [0.3, 0.4) is 0 Å². The number of rotatable bonds is 3. The second kappa shape index (κ2) is 4.07. The maximum Gasteiger partial charge on any atom is 0.374 e. The molecule has 1 aromatic rings. The van der Waals surface area contributed by atoms with Gasteiger partial charge in [0.15, 0.2) is 6.29 Å². The van der Waals surface area contributed by atoms with Crippen molar-refractivity contribution in [1.82, 2.24) is 4.98 Å². The molecule has 80 valence electrons. The van der Waals surface area contributed by atoms with Gasteiger partial charge < -0.3 is 10.1 Å². The summed E-state index contributed by atoms with van der Waals surface area (Å²) in [5.41, 5.74) is -1.24. The number of nitro groups is 1. The van der Waals surface area contributed by atoms with Crippen molar-refractivity contribution in [2.45, 2.75) is 13.3 Å². The smallest absolute Gasteiger partial charge is 0.358 e. The van der Waals surface area contributed by atoms with E-state index in [1.807, 2.05) is 0 Å². The van der Waals surface area contributed by atoms with Crippen LogP contribution in [0, 0.1) is 17.0 Å². The Labute approximate surface area is 82.9 Å².